The Labute approximate surface area is 126 Å². The third-order valence-corrected chi connectivity index (χ3v) is 4.94. The first-order valence-electron chi connectivity index (χ1n) is 6.20. The SMILES string of the molecule is COC(=O)[C@H]1[C@@H]2CC[C@@](N)(C(=O)Oc3cccs3)[C@@H]21.Cl. The zero-order valence-electron chi connectivity index (χ0n) is 10.9. The Morgan fingerprint density at radius 3 is 2.85 bits per heavy atom. The average Bonchev–Trinajstić information content (AvgIpc) is 2.72. The minimum atomic E-state index is -1.05. The fourth-order valence-corrected chi connectivity index (χ4v) is 3.78. The molecule has 1 aromatic rings. The fraction of sp³-hybridized carbons (Fsp3) is 0.538. The topological polar surface area (TPSA) is 78.6 Å². The van der Waals surface area contributed by atoms with Crippen LogP contribution >= 0.6 is 23.7 Å². The molecular formula is C13H16ClNO4S. The molecule has 4 atom stereocenters. The molecule has 5 nitrogen and oxygen atoms in total. The van der Waals surface area contributed by atoms with Crippen LogP contribution in [0.3, 0.4) is 0 Å². The zero-order chi connectivity index (χ0) is 13.6. The largest absolute Gasteiger partial charge is 0.469 e. The van der Waals surface area contributed by atoms with Crippen molar-refractivity contribution in [2.45, 2.75) is 18.4 Å². The average molecular weight is 318 g/mol. The number of carbonyl (C=O) groups excluding carboxylic acids is 2. The van der Waals surface area contributed by atoms with Crippen molar-refractivity contribution in [2.24, 2.45) is 23.5 Å². The van der Waals surface area contributed by atoms with Crippen LogP contribution in [-0.4, -0.2) is 24.6 Å². The number of fused-ring (bicyclic) bond motifs is 1. The number of hydrogen-bond acceptors (Lipinski definition) is 6. The van der Waals surface area contributed by atoms with E-state index in [2.05, 4.69) is 0 Å². The van der Waals surface area contributed by atoms with Crippen molar-refractivity contribution in [3.63, 3.8) is 0 Å². The van der Waals surface area contributed by atoms with Gasteiger partial charge in [0.25, 0.3) is 0 Å². The number of ether oxygens (including phenoxy) is 2. The van der Waals surface area contributed by atoms with Crippen molar-refractivity contribution in [1.29, 1.82) is 0 Å². The van der Waals surface area contributed by atoms with Crippen molar-refractivity contribution in [1.82, 2.24) is 0 Å². The van der Waals surface area contributed by atoms with E-state index in [1.165, 1.54) is 18.4 Å². The molecule has 0 bridgehead atoms. The number of thiophene rings is 1. The van der Waals surface area contributed by atoms with Gasteiger partial charge in [0.2, 0.25) is 0 Å². The lowest BCUT2D eigenvalue weighted by Gasteiger charge is -2.24. The molecule has 2 saturated carbocycles. The fourth-order valence-electron chi connectivity index (χ4n) is 3.21. The van der Waals surface area contributed by atoms with Gasteiger partial charge in [-0.15, -0.1) is 23.7 Å². The van der Waals surface area contributed by atoms with E-state index in [1.807, 2.05) is 11.4 Å². The van der Waals surface area contributed by atoms with Gasteiger partial charge in [0, 0.05) is 5.92 Å². The van der Waals surface area contributed by atoms with Crippen molar-refractivity contribution in [2.75, 3.05) is 7.11 Å². The van der Waals surface area contributed by atoms with Crippen LogP contribution in [-0.2, 0) is 14.3 Å². The second-order valence-corrected chi connectivity index (χ2v) is 6.05. The van der Waals surface area contributed by atoms with E-state index in [1.54, 1.807) is 6.07 Å². The molecule has 110 valence electrons. The van der Waals surface area contributed by atoms with Gasteiger partial charge in [-0.05, 0) is 36.3 Å². The van der Waals surface area contributed by atoms with Crippen LogP contribution in [0.5, 0.6) is 5.06 Å². The maximum Gasteiger partial charge on any atom is 0.332 e. The molecule has 2 aliphatic rings. The smallest absolute Gasteiger partial charge is 0.332 e. The molecule has 0 spiro atoms. The highest BCUT2D eigenvalue weighted by atomic mass is 35.5. The van der Waals surface area contributed by atoms with Crippen LogP contribution in [0.1, 0.15) is 12.8 Å². The molecule has 0 saturated heterocycles. The Hall–Kier alpha value is -1.11. The highest BCUT2D eigenvalue weighted by Gasteiger charge is 2.70. The number of nitrogens with two attached hydrogens (primary N) is 1. The van der Waals surface area contributed by atoms with E-state index < -0.39 is 11.5 Å². The van der Waals surface area contributed by atoms with E-state index in [4.69, 9.17) is 15.2 Å². The van der Waals surface area contributed by atoms with Crippen LogP contribution in [0, 0.1) is 17.8 Å². The first-order valence-corrected chi connectivity index (χ1v) is 7.08. The zero-order valence-corrected chi connectivity index (χ0v) is 12.5. The van der Waals surface area contributed by atoms with Crippen molar-refractivity contribution >= 4 is 35.7 Å². The maximum atomic E-state index is 12.2. The molecule has 1 aromatic heterocycles. The van der Waals surface area contributed by atoms with Gasteiger partial charge in [-0.2, -0.15) is 0 Å². The highest BCUT2D eigenvalue weighted by Crippen LogP contribution is 2.62. The molecule has 0 aliphatic heterocycles. The third-order valence-electron chi connectivity index (χ3n) is 4.20. The molecule has 0 unspecified atom stereocenters. The van der Waals surface area contributed by atoms with E-state index in [0.717, 1.165) is 6.42 Å². The number of hydrogen-bond donors (Lipinski definition) is 1. The first-order chi connectivity index (χ1) is 9.08. The summed E-state index contributed by atoms with van der Waals surface area (Å²) in [5.74, 6) is -0.900. The van der Waals surface area contributed by atoms with E-state index in [9.17, 15) is 9.59 Å². The molecule has 3 rings (SSSR count). The predicted octanol–water partition coefficient (Wildman–Crippen LogP) is 1.60. The standard InChI is InChI=1S/C13H15NO4S.ClH/c1-17-11(15)9-7-4-5-13(14,10(7)9)12(16)18-8-3-2-6-19-8;/h2-3,6-7,9-10H,4-5,14H2,1H3;1H/t7-,9-,10-,13-;/m0./s1. The predicted molar refractivity (Wildman–Crippen MR) is 75.8 cm³/mol. The number of halogens is 1. The summed E-state index contributed by atoms with van der Waals surface area (Å²) in [7, 11) is 1.36. The Balaban J connectivity index is 0.00000147. The molecule has 2 fully saturated rings. The Kier molecular flexibility index (Phi) is 4.09. The summed E-state index contributed by atoms with van der Waals surface area (Å²) in [4.78, 5) is 23.8. The molecule has 20 heavy (non-hydrogen) atoms. The summed E-state index contributed by atoms with van der Waals surface area (Å²) in [6, 6.07) is 3.53. The summed E-state index contributed by atoms with van der Waals surface area (Å²) in [5, 5.41) is 2.37. The molecule has 2 N–H and O–H groups in total. The van der Waals surface area contributed by atoms with Crippen LogP contribution in [0.15, 0.2) is 17.5 Å². The van der Waals surface area contributed by atoms with Gasteiger partial charge in [-0.3, -0.25) is 4.79 Å². The van der Waals surface area contributed by atoms with Gasteiger partial charge in [0.15, 0.2) is 5.06 Å². The third kappa shape index (κ3) is 2.21. The van der Waals surface area contributed by atoms with Crippen LogP contribution in [0.25, 0.3) is 0 Å². The van der Waals surface area contributed by atoms with Crippen LogP contribution in [0.4, 0.5) is 0 Å². The Bertz CT molecular complexity index is 520. The van der Waals surface area contributed by atoms with Crippen LogP contribution in [0.2, 0.25) is 0 Å². The molecule has 2 aliphatic carbocycles. The van der Waals surface area contributed by atoms with Crippen molar-refractivity contribution in [3.05, 3.63) is 17.5 Å². The highest BCUT2D eigenvalue weighted by molar-refractivity contribution is 7.11. The monoisotopic (exact) mass is 317 g/mol. The number of carbonyl (C=O) groups is 2. The second-order valence-electron chi connectivity index (χ2n) is 5.14. The summed E-state index contributed by atoms with van der Waals surface area (Å²) in [6.45, 7) is 0. The number of esters is 2. The number of methoxy groups -OCH3 is 1. The molecule has 7 heteroatoms. The summed E-state index contributed by atoms with van der Waals surface area (Å²) in [6.07, 6.45) is 1.35. The van der Waals surface area contributed by atoms with E-state index in [-0.39, 0.29) is 36.1 Å². The van der Waals surface area contributed by atoms with Gasteiger partial charge in [-0.25, -0.2) is 4.79 Å². The second kappa shape index (κ2) is 5.35. The van der Waals surface area contributed by atoms with E-state index in [0.29, 0.717) is 11.5 Å². The van der Waals surface area contributed by atoms with Crippen molar-refractivity contribution in [3.8, 4) is 5.06 Å². The molecule has 0 amide bonds. The van der Waals surface area contributed by atoms with Gasteiger partial charge in [0.05, 0.1) is 13.0 Å². The summed E-state index contributed by atoms with van der Waals surface area (Å²) >= 11 is 1.34. The number of rotatable bonds is 3. The molecule has 1 heterocycles. The summed E-state index contributed by atoms with van der Waals surface area (Å²) < 4.78 is 10.0. The van der Waals surface area contributed by atoms with Gasteiger partial charge < -0.3 is 15.2 Å². The Morgan fingerprint density at radius 1 is 1.50 bits per heavy atom. The minimum Gasteiger partial charge on any atom is -0.469 e. The van der Waals surface area contributed by atoms with Crippen LogP contribution < -0.4 is 10.5 Å². The minimum absolute atomic E-state index is 0. The molecular weight excluding hydrogens is 302 g/mol. The van der Waals surface area contributed by atoms with E-state index >= 15 is 0 Å². The lowest BCUT2D eigenvalue weighted by atomic mass is 9.91. The quantitative estimate of drug-likeness (QED) is 0.857. The van der Waals surface area contributed by atoms with Crippen molar-refractivity contribution < 1.29 is 19.1 Å². The lowest BCUT2D eigenvalue weighted by Crippen LogP contribution is -2.51. The molecule has 0 radical (unpaired) electrons. The van der Waals surface area contributed by atoms with Gasteiger partial charge >= 0.3 is 11.9 Å². The first kappa shape index (κ1) is 15.3. The van der Waals surface area contributed by atoms with Gasteiger partial charge in [0.1, 0.15) is 5.54 Å². The van der Waals surface area contributed by atoms with Gasteiger partial charge in [-0.1, -0.05) is 0 Å². The molecule has 0 aromatic carbocycles. The normalized spacial score (nSPS) is 33.8. The Morgan fingerprint density at radius 2 is 2.25 bits per heavy atom. The summed E-state index contributed by atoms with van der Waals surface area (Å²) in [5.41, 5.74) is 5.16. The maximum absolute atomic E-state index is 12.2. The lowest BCUT2D eigenvalue weighted by molar-refractivity contribution is -0.145.